The Hall–Kier alpha value is -0.700. The maximum absolute atomic E-state index is 10.9. The van der Waals surface area contributed by atoms with Crippen molar-refractivity contribution in [1.82, 2.24) is 14.9 Å². The Morgan fingerprint density at radius 1 is 1.73 bits per heavy atom. The van der Waals surface area contributed by atoms with Gasteiger partial charge in [0.05, 0.1) is 6.42 Å². The Morgan fingerprint density at radius 3 is 3.13 bits per heavy atom. The molecule has 0 aliphatic rings. The summed E-state index contributed by atoms with van der Waals surface area (Å²) in [5.74, 6) is 5.88. The molecule has 1 aromatic heterocycles. The highest BCUT2D eigenvalue weighted by Crippen LogP contribution is 2.20. The van der Waals surface area contributed by atoms with E-state index in [0.717, 1.165) is 16.6 Å². The Balaban J connectivity index is 2.22. The van der Waals surface area contributed by atoms with Crippen LogP contribution in [0, 0.1) is 0 Å². The minimum absolute atomic E-state index is 0.288. The van der Waals surface area contributed by atoms with Crippen LogP contribution in [0.4, 0.5) is 0 Å². The van der Waals surface area contributed by atoms with E-state index in [2.05, 4.69) is 14.2 Å². The van der Waals surface area contributed by atoms with Crippen LogP contribution in [-0.2, 0) is 16.1 Å². The molecule has 8 heteroatoms. The molecule has 0 saturated carbocycles. The first-order chi connectivity index (χ1) is 7.26. The van der Waals surface area contributed by atoms with E-state index in [9.17, 15) is 4.79 Å². The fourth-order valence-corrected chi connectivity index (χ4v) is 2.46. The fraction of sp³-hybridized carbons (Fsp3) is 0.571. The number of carbonyl (C=O) groups is 1. The van der Waals surface area contributed by atoms with Crippen LogP contribution in [0.25, 0.3) is 0 Å². The molecule has 1 rings (SSSR count). The van der Waals surface area contributed by atoms with Crippen molar-refractivity contribution in [3.8, 4) is 0 Å². The second-order valence-electron chi connectivity index (χ2n) is 2.52. The summed E-state index contributed by atoms with van der Waals surface area (Å²) in [4.78, 5) is 19.5. The van der Waals surface area contributed by atoms with E-state index in [1.807, 2.05) is 12.5 Å². The van der Waals surface area contributed by atoms with Crippen molar-refractivity contribution in [1.29, 1.82) is 0 Å². The van der Waals surface area contributed by atoms with E-state index >= 15 is 0 Å². The fourth-order valence-electron chi connectivity index (χ4n) is 0.779. The van der Waals surface area contributed by atoms with Crippen molar-refractivity contribution in [2.75, 3.05) is 5.75 Å². The van der Waals surface area contributed by atoms with Crippen LogP contribution in [0.3, 0.4) is 0 Å². The maximum atomic E-state index is 10.9. The van der Waals surface area contributed by atoms with Gasteiger partial charge in [-0.15, -0.1) is 0 Å². The first-order valence-corrected chi connectivity index (χ1v) is 6.12. The molecule has 0 spiro atoms. The van der Waals surface area contributed by atoms with Crippen LogP contribution in [-0.4, -0.2) is 21.1 Å². The number of hydrogen-bond donors (Lipinski definition) is 2. The van der Waals surface area contributed by atoms with Crippen LogP contribution in [0.1, 0.15) is 19.2 Å². The number of aryl methyl sites for hydroxylation is 1. The molecule has 0 saturated heterocycles. The van der Waals surface area contributed by atoms with Crippen LogP contribution in [0.2, 0.25) is 0 Å². The first kappa shape index (κ1) is 12.4. The highest BCUT2D eigenvalue weighted by Gasteiger charge is 2.06. The molecule has 0 aromatic carbocycles. The van der Waals surface area contributed by atoms with Crippen molar-refractivity contribution in [2.45, 2.75) is 24.1 Å². The monoisotopic (exact) mass is 248 g/mol. The molecule has 0 unspecified atom stereocenters. The van der Waals surface area contributed by atoms with Gasteiger partial charge in [0.2, 0.25) is 0 Å². The van der Waals surface area contributed by atoms with Gasteiger partial charge in [-0.2, -0.15) is 4.37 Å². The molecule has 0 aliphatic heterocycles. The molecule has 0 aliphatic carbocycles. The number of aromatic nitrogens is 2. The summed E-state index contributed by atoms with van der Waals surface area (Å²) in [6, 6.07) is 0. The molecule has 0 fully saturated rings. The van der Waals surface area contributed by atoms with E-state index < -0.39 is 0 Å². The molecule has 0 amide bonds. The number of hydrazine groups is 1. The molecule has 0 bridgehead atoms. The van der Waals surface area contributed by atoms with Crippen LogP contribution in [0.15, 0.2) is 4.34 Å². The quantitative estimate of drug-likeness (QED) is 0.430. The van der Waals surface area contributed by atoms with Gasteiger partial charge in [-0.05, 0) is 11.5 Å². The third-order valence-corrected chi connectivity index (χ3v) is 3.34. The van der Waals surface area contributed by atoms with Gasteiger partial charge in [-0.3, -0.25) is 4.79 Å². The first-order valence-electron chi connectivity index (χ1n) is 4.37. The molecule has 1 aromatic rings. The largest absolute Gasteiger partial charge is 0.356 e. The van der Waals surface area contributed by atoms with E-state index in [0.29, 0.717) is 5.75 Å². The zero-order valence-electron chi connectivity index (χ0n) is 8.23. The van der Waals surface area contributed by atoms with Crippen molar-refractivity contribution < 1.29 is 9.63 Å². The van der Waals surface area contributed by atoms with E-state index in [4.69, 9.17) is 5.84 Å². The van der Waals surface area contributed by atoms with Gasteiger partial charge >= 0.3 is 5.97 Å². The Morgan fingerprint density at radius 2 is 2.53 bits per heavy atom. The molecule has 84 valence electrons. The minimum atomic E-state index is -0.384. The van der Waals surface area contributed by atoms with E-state index in [-0.39, 0.29) is 12.4 Å². The number of nitrogens with one attached hydrogen (secondary N) is 1. The maximum Gasteiger partial charge on any atom is 0.327 e. The predicted molar refractivity (Wildman–Crippen MR) is 58.0 cm³/mol. The third-order valence-electron chi connectivity index (χ3n) is 1.47. The highest BCUT2D eigenvalue weighted by atomic mass is 32.2. The van der Waals surface area contributed by atoms with Crippen LogP contribution >= 0.6 is 23.3 Å². The summed E-state index contributed by atoms with van der Waals surface area (Å²) in [6.07, 6.45) is 1.12. The van der Waals surface area contributed by atoms with Gasteiger partial charge in [0.25, 0.3) is 0 Å². The van der Waals surface area contributed by atoms with Crippen molar-refractivity contribution >= 4 is 29.3 Å². The van der Waals surface area contributed by atoms with E-state index in [1.165, 1.54) is 23.3 Å². The van der Waals surface area contributed by atoms with Gasteiger partial charge in [0, 0.05) is 12.2 Å². The lowest BCUT2D eigenvalue weighted by molar-refractivity contribution is -0.150. The number of hydrogen-bond acceptors (Lipinski definition) is 8. The van der Waals surface area contributed by atoms with Gasteiger partial charge in [-0.25, -0.2) is 10.8 Å². The minimum Gasteiger partial charge on any atom is -0.356 e. The second-order valence-corrected chi connectivity index (χ2v) is 4.61. The zero-order valence-corrected chi connectivity index (χ0v) is 9.86. The smallest absolute Gasteiger partial charge is 0.327 e. The Kier molecular flexibility index (Phi) is 5.54. The summed E-state index contributed by atoms with van der Waals surface area (Å²) >= 11 is 2.83. The number of carbonyl (C=O) groups excluding carboxylic acids is 1. The van der Waals surface area contributed by atoms with Gasteiger partial charge in [0.1, 0.15) is 5.82 Å². The van der Waals surface area contributed by atoms with Crippen molar-refractivity contribution in [3.05, 3.63) is 5.82 Å². The van der Waals surface area contributed by atoms with Gasteiger partial charge < -0.3 is 4.84 Å². The summed E-state index contributed by atoms with van der Waals surface area (Å²) < 4.78 is 5.01. The molecular weight excluding hydrogens is 236 g/mol. The molecule has 0 atom stereocenters. The van der Waals surface area contributed by atoms with Crippen LogP contribution in [0.5, 0.6) is 0 Å². The van der Waals surface area contributed by atoms with Crippen molar-refractivity contribution in [2.24, 2.45) is 5.84 Å². The lowest BCUT2D eigenvalue weighted by atomic mass is 10.5. The van der Waals surface area contributed by atoms with Crippen LogP contribution < -0.4 is 11.4 Å². The number of rotatable bonds is 6. The average molecular weight is 248 g/mol. The highest BCUT2D eigenvalue weighted by molar-refractivity contribution is 8.00. The van der Waals surface area contributed by atoms with Crippen molar-refractivity contribution in [3.63, 3.8) is 0 Å². The topological polar surface area (TPSA) is 90.1 Å². The number of nitrogens with two attached hydrogens (primary N) is 1. The zero-order chi connectivity index (χ0) is 11.1. The normalized spacial score (nSPS) is 10.3. The second kappa shape index (κ2) is 6.72. The summed E-state index contributed by atoms with van der Waals surface area (Å²) in [7, 11) is 0. The number of thioether (sulfide) groups is 1. The summed E-state index contributed by atoms with van der Waals surface area (Å²) in [6.45, 7) is 2.00. The molecule has 3 N–H and O–H groups in total. The predicted octanol–water partition coefficient (Wildman–Crippen LogP) is 0.504. The average Bonchev–Trinajstić information content (AvgIpc) is 2.66. The molecule has 0 radical (unpaired) electrons. The lowest BCUT2D eigenvalue weighted by Crippen LogP contribution is -2.26. The Labute approximate surface area is 95.7 Å². The lowest BCUT2D eigenvalue weighted by Gasteiger charge is -1.98. The molecule has 6 nitrogen and oxygen atoms in total. The standard InChI is InChI=1S/C7H12N4O2S2/c1-2-5-9-7(15-10-5)14-4-3-6(12)13-11-8/h11H,2-4,8H2,1H3. The van der Waals surface area contributed by atoms with E-state index in [1.54, 1.807) is 0 Å². The molecule has 1 heterocycles. The van der Waals surface area contributed by atoms with Gasteiger partial charge in [-0.1, -0.05) is 24.3 Å². The molecular formula is C7H12N4O2S2. The number of nitrogens with zero attached hydrogens (tertiary/aromatic N) is 2. The SMILES string of the molecule is CCc1nsc(SCCC(=O)ONN)n1. The Bertz CT molecular complexity index is 318. The third kappa shape index (κ3) is 4.56. The molecule has 15 heavy (non-hydrogen) atoms. The summed E-state index contributed by atoms with van der Waals surface area (Å²) in [5.41, 5.74) is 1.85. The summed E-state index contributed by atoms with van der Waals surface area (Å²) in [5, 5.41) is 0. The van der Waals surface area contributed by atoms with Gasteiger partial charge in [0.15, 0.2) is 4.34 Å².